The molecule has 1 amide bonds. The van der Waals surface area contributed by atoms with Gasteiger partial charge in [0.05, 0.1) is 5.69 Å². The molecule has 0 radical (unpaired) electrons. The van der Waals surface area contributed by atoms with Crippen molar-refractivity contribution >= 4 is 11.6 Å². The molecule has 1 fully saturated rings. The number of anilines is 1. The minimum Gasteiger partial charge on any atom is -0.327 e. The van der Waals surface area contributed by atoms with E-state index in [1.54, 1.807) is 12.1 Å². The fourth-order valence-electron chi connectivity index (χ4n) is 3.26. The second kappa shape index (κ2) is 5.76. The van der Waals surface area contributed by atoms with Crippen LogP contribution in [0, 0.1) is 30.0 Å². The van der Waals surface area contributed by atoms with Gasteiger partial charge >= 0.3 is 0 Å². The summed E-state index contributed by atoms with van der Waals surface area (Å²) in [6.07, 6.45) is 1.58. The van der Waals surface area contributed by atoms with Gasteiger partial charge in [0.1, 0.15) is 5.82 Å². The first-order valence-corrected chi connectivity index (χ1v) is 7.56. The van der Waals surface area contributed by atoms with Crippen molar-refractivity contribution in [3.8, 4) is 0 Å². The molecule has 21 heavy (non-hydrogen) atoms. The van der Waals surface area contributed by atoms with Gasteiger partial charge in [0, 0.05) is 12.0 Å². The number of halogens is 1. The van der Waals surface area contributed by atoms with E-state index in [9.17, 15) is 9.18 Å². The monoisotopic (exact) mass is 292 g/mol. The van der Waals surface area contributed by atoms with E-state index in [4.69, 9.17) is 5.73 Å². The Morgan fingerprint density at radius 1 is 1.38 bits per heavy atom. The van der Waals surface area contributed by atoms with Gasteiger partial charge in [-0.2, -0.15) is 0 Å². The third-order valence-corrected chi connectivity index (χ3v) is 5.20. The lowest BCUT2D eigenvalue weighted by molar-refractivity contribution is -0.127. The van der Waals surface area contributed by atoms with Gasteiger partial charge in [-0.3, -0.25) is 4.79 Å². The SMILES string of the molecule is Cc1ccc(NC(=O)C2CCC(N)C(C)C2(C)C)c(F)c1. The Kier molecular flexibility index (Phi) is 4.38. The molecule has 0 aliphatic heterocycles. The standard InChI is InChI=1S/C17H25FN2O/c1-10-5-8-15(13(18)9-10)20-16(21)12-6-7-14(19)11(2)17(12,3)4/h5,8-9,11-12,14H,6-7,19H2,1-4H3,(H,20,21). The molecule has 3 N–H and O–H groups in total. The number of hydrogen-bond donors (Lipinski definition) is 2. The van der Waals surface area contributed by atoms with Crippen LogP contribution in [0.15, 0.2) is 18.2 Å². The molecule has 1 aliphatic rings. The minimum atomic E-state index is -0.387. The summed E-state index contributed by atoms with van der Waals surface area (Å²) in [6.45, 7) is 8.07. The van der Waals surface area contributed by atoms with E-state index < -0.39 is 0 Å². The first-order chi connectivity index (χ1) is 9.73. The number of carbonyl (C=O) groups excluding carboxylic acids is 1. The van der Waals surface area contributed by atoms with E-state index in [-0.39, 0.29) is 40.7 Å². The van der Waals surface area contributed by atoms with Gasteiger partial charge in [-0.25, -0.2) is 4.39 Å². The predicted octanol–water partition coefficient (Wildman–Crippen LogP) is 3.47. The van der Waals surface area contributed by atoms with Crippen LogP contribution in [-0.2, 0) is 4.79 Å². The Hall–Kier alpha value is -1.42. The van der Waals surface area contributed by atoms with Crippen LogP contribution in [0.1, 0.15) is 39.2 Å². The minimum absolute atomic E-state index is 0.110. The van der Waals surface area contributed by atoms with Crippen LogP contribution in [0.5, 0.6) is 0 Å². The highest BCUT2D eigenvalue weighted by Crippen LogP contribution is 2.44. The second-order valence-electron chi connectivity index (χ2n) is 6.88. The lowest BCUT2D eigenvalue weighted by Crippen LogP contribution is -2.50. The molecular weight excluding hydrogens is 267 g/mol. The van der Waals surface area contributed by atoms with Crippen molar-refractivity contribution in [1.29, 1.82) is 0 Å². The molecule has 0 heterocycles. The number of nitrogens with one attached hydrogen (secondary N) is 1. The van der Waals surface area contributed by atoms with Gasteiger partial charge in [0.15, 0.2) is 0 Å². The maximum atomic E-state index is 13.9. The van der Waals surface area contributed by atoms with Gasteiger partial charge in [-0.05, 0) is 48.8 Å². The summed E-state index contributed by atoms with van der Waals surface area (Å²) < 4.78 is 13.9. The number of hydrogen-bond acceptors (Lipinski definition) is 2. The number of amides is 1. The molecule has 116 valence electrons. The molecule has 3 nitrogen and oxygen atoms in total. The Bertz CT molecular complexity index is 542. The van der Waals surface area contributed by atoms with Crippen molar-refractivity contribution < 1.29 is 9.18 Å². The van der Waals surface area contributed by atoms with Crippen LogP contribution >= 0.6 is 0 Å². The Morgan fingerprint density at radius 2 is 2.05 bits per heavy atom. The maximum Gasteiger partial charge on any atom is 0.228 e. The van der Waals surface area contributed by atoms with Crippen molar-refractivity contribution in [2.45, 2.75) is 46.6 Å². The number of benzene rings is 1. The largest absolute Gasteiger partial charge is 0.327 e. The van der Waals surface area contributed by atoms with Gasteiger partial charge < -0.3 is 11.1 Å². The molecule has 1 aromatic rings. The summed E-state index contributed by atoms with van der Waals surface area (Å²) in [4.78, 5) is 12.6. The van der Waals surface area contributed by atoms with E-state index in [1.165, 1.54) is 6.07 Å². The van der Waals surface area contributed by atoms with Crippen molar-refractivity contribution in [3.05, 3.63) is 29.6 Å². The molecule has 0 spiro atoms. The van der Waals surface area contributed by atoms with Crippen LogP contribution in [0.2, 0.25) is 0 Å². The third-order valence-electron chi connectivity index (χ3n) is 5.20. The predicted molar refractivity (Wildman–Crippen MR) is 83.4 cm³/mol. The highest BCUT2D eigenvalue weighted by molar-refractivity contribution is 5.93. The van der Waals surface area contributed by atoms with Crippen LogP contribution in [-0.4, -0.2) is 11.9 Å². The van der Waals surface area contributed by atoms with Gasteiger partial charge in [0.2, 0.25) is 5.91 Å². The van der Waals surface area contributed by atoms with Gasteiger partial charge in [0.25, 0.3) is 0 Å². The molecule has 3 unspecified atom stereocenters. The topological polar surface area (TPSA) is 55.1 Å². The second-order valence-corrected chi connectivity index (χ2v) is 6.88. The quantitative estimate of drug-likeness (QED) is 0.877. The van der Waals surface area contributed by atoms with Gasteiger partial charge in [-0.15, -0.1) is 0 Å². The van der Waals surface area contributed by atoms with Crippen molar-refractivity contribution in [3.63, 3.8) is 0 Å². The van der Waals surface area contributed by atoms with Crippen LogP contribution < -0.4 is 11.1 Å². The summed E-state index contributed by atoms with van der Waals surface area (Å²) in [5, 5.41) is 2.74. The molecule has 1 aliphatic carbocycles. The van der Waals surface area contributed by atoms with E-state index >= 15 is 0 Å². The zero-order valence-electron chi connectivity index (χ0n) is 13.2. The summed E-state index contributed by atoms with van der Waals surface area (Å²) in [5.41, 5.74) is 7.02. The molecular formula is C17H25FN2O. The maximum absolute atomic E-state index is 13.9. The molecule has 1 saturated carbocycles. The summed E-state index contributed by atoms with van der Waals surface area (Å²) in [6, 6.07) is 4.97. The Labute approximate surface area is 126 Å². The molecule has 0 saturated heterocycles. The van der Waals surface area contributed by atoms with Crippen LogP contribution in [0.4, 0.5) is 10.1 Å². The first-order valence-electron chi connectivity index (χ1n) is 7.56. The number of aryl methyl sites for hydroxylation is 1. The smallest absolute Gasteiger partial charge is 0.228 e. The third kappa shape index (κ3) is 3.10. The fourth-order valence-corrected chi connectivity index (χ4v) is 3.26. The molecule has 1 aromatic carbocycles. The average molecular weight is 292 g/mol. The van der Waals surface area contributed by atoms with Crippen LogP contribution in [0.3, 0.4) is 0 Å². The van der Waals surface area contributed by atoms with E-state index in [0.29, 0.717) is 0 Å². The van der Waals surface area contributed by atoms with Gasteiger partial charge in [-0.1, -0.05) is 26.8 Å². The van der Waals surface area contributed by atoms with Crippen LogP contribution in [0.25, 0.3) is 0 Å². The number of nitrogens with two attached hydrogens (primary N) is 1. The van der Waals surface area contributed by atoms with Crippen molar-refractivity contribution in [2.75, 3.05) is 5.32 Å². The fraction of sp³-hybridized carbons (Fsp3) is 0.588. The first kappa shape index (κ1) is 16.0. The Morgan fingerprint density at radius 3 is 2.67 bits per heavy atom. The molecule has 4 heteroatoms. The Balaban J connectivity index is 2.16. The van der Waals surface area contributed by atoms with Crippen molar-refractivity contribution in [2.24, 2.45) is 23.0 Å². The number of rotatable bonds is 2. The zero-order valence-corrected chi connectivity index (χ0v) is 13.2. The lowest BCUT2D eigenvalue weighted by Gasteiger charge is -2.46. The summed E-state index contributed by atoms with van der Waals surface area (Å²) in [5.74, 6) is -0.388. The normalized spacial score (nSPS) is 28.2. The van der Waals surface area contributed by atoms with Crippen molar-refractivity contribution in [1.82, 2.24) is 0 Å². The molecule has 0 aromatic heterocycles. The summed E-state index contributed by atoms with van der Waals surface area (Å²) >= 11 is 0. The molecule has 2 rings (SSSR count). The van der Waals surface area contributed by atoms with E-state index in [0.717, 1.165) is 18.4 Å². The van der Waals surface area contributed by atoms with E-state index in [1.807, 2.05) is 6.92 Å². The molecule has 0 bridgehead atoms. The number of carbonyl (C=O) groups is 1. The zero-order chi connectivity index (χ0) is 15.8. The summed E-state index contributed by atoms with van der Waals surface area (Å²) in [7, 11) is 0. The average Bonchev–Trinajstić information content (AvgIpc) is 2.39. The molecule has 3 atom stereocenters. The highest BCUT2D eigenvalue weighted by atomic mass is 19.1. The highest BCUT2D eigenvalue weighted by Gasteiger charge is 2.45. The lowest BCUT2D eigenvalue weighted by atomic mass is 9.61. The van der Waals surface area contributed by atoms with E-state index in [2.05, 4.69) is 26.1 Å².